The quantitative estimate of drug-likeness (QED) is 0.817. The minimum absolute atomic E-state index is 0.132. The van der Waals surface area contributed by atoms with Crippen LogP contribution in [0.5, 0.6) is 0 Å². The van der Waals surface area contributed by atoms with Gasteiger partial charge in [0.2, 0.25) is 0 Å². The Bertz CT molecular complexity index is 292. The van der Waals surface area contributed by atoms with Crippen LogP contribution in [-0.4, -0.2) is 41.3 Å². The van der Waals surface area contributed by atoms with E-state index in [-0.39, 0.29) is 12.1 Å². The third-order valence-electron chi connectivity index (χ3n) is 3.22. The number of hydrogen-bond acceptors (Lipinski definition) is 4. The molecule has 0 bridgehead atoms. The molecule has 1 aliphatic rings. The summed E-state index contributed by atoms with van der Waals surface area (Å²) in [5.41, 5.74) is -0.438. The minimum Gasteiger partial charge on any atom is -0.444 e. The second-order valence-corrected chi connectivity index (χ2v) is 7.62. The van der Waals surface area contributed by atoms with Crippen LogP contribution in [0.1, 0.15) is 47.5 Å². The zero-order valence-corrected chi connectivity index (χ0v) is 13.6. The van der Waals surface area contributed by atoms with Crippen molar-refractivity contribution in [3.8, 4) is 0 Å². The summed E-state index contributed by atoms with van der Waals surface area (Å²) in [4.78, 5) is 11.7. The molecule has 0 aromatic rings. The minimum atomic E-state index is -0.438. The fourth-order valence-electron chi connectivity index (χ4n) is 2.07. The van der Waals surface area contributed by atoms with Gasteiger partial charge < -0.3 is 15.4 Å². The molecular weight excluding hydrogens is 260 g/mol. The van der Waals surface area contributed by atoms with Gasteiger partial charge >= 0.3 is 6.09 Å². The highest BCUT2D eigenvalue weighted by atomic mass is 32.2. The molecule has 1 aliphatic heterocycles. The van der Waals surface area contributed by atoms with Crippen LogP contribution in [0.15, 0.2) is 0 Å². The SMILES string of the molecule is CCC(CNC1CCSC1C)NC(=O)OC(C)(C)C. The van der Waals surface area contributed by atoms with Gasteiger partial charge in [-0.2, -0.15) is 11.8 Å². The van der Waals surface area contributed by atoms with E-state index in [4.69, 9.17) is 4.74 Å². The summed E-state index contributed by atoms with van der Waals surface area (Å²) < 4.78 is 5.28. The first kappa shape index (κ1) is 16.6. The first-order chi connectivity index (χ1) is 8.81. The summed E-state index contributed by atoms with van der Waals surface area (Å²) in [5, 5.41) is 7.16. The fraction of sp³-hybridized carbons (Fsp3) is 0.929. The van der Waals surface area contributed by atoms with Crippen LogP contribution in [0.3, 0.4) is 0 Å². The Morgan fingerprint density at radius 1 is 1.47 bits per heavy atom. The van der Waals surface area contributed by atoms with E-state index in [9.17, 15) is 4.79 Å². The molecule has 2 N–H and O–H groups in total. The molecule has 3 unspecified atom stereocenters. The number of rotatable bonds is 5. The number of thioether (sulfide) groups is 1. The predicted molar refractivity (Wildman–Crippen MR) is 81.8 cm³/mol. The normalized spacial score (nSPS) is 25.1. The lowest BCUT2D eigenvalue weighted by Gasteiger charge is -2.25. The molecular formula is C14H28N2O2S. The average Bonchev–Trinajstić information content (AvgIpc) is 2.67. The van der Waals surface area contributed by atoms with Crippen LogP contribution in [0.2, 0.25) is 0 Å². The van der Waals surface area contributed by atoms with E-state index in [1.807, 2.05) is 32.5 Å². The topological polar surface area (TPSA) is 50.4 Å². The lowest BCUT2D eigenvalue weighted by Crippen LogP contribution is -2.47. The molecule has 1 rings (SSSR count). The molecule has 5 heteroatoms. The van der Waals surface area contributed by atoms with Gasteiger partial charge in [0, 0.05) is 23.9 Å². The van der Waals surface area contributed by atoms with Gasteiger partial charge in [0.15, 0.2) is 0 Å². The molecule has 112 valence electrons. The van der Waals surface area contributed by atoms with Gasteiger partial charge in [-0.3, -0.25) is 0 Å². The summed E-state index contributed by atoms with van der Waals surface area (Å²) in [6.45, 7) is 10.8. The van der Waals surface area contributed by atoms with Gasteiger partial charge in [0.1, 0.15) is 5.60 Å². The van der Waals surface area contributed by atoms with E-state index in [0.717, 1.165) is 13.0 Å². The Hall–Kier alpha value is -0.420. The average molecular weight is 288 g/mol. The summed E-state index contributed by atoms with van der Waals surface area (Å²) in [6, 6.07) is 0.701. The van der Waals surface area contributed by atoms with Gasteiger partial charge in [-0.05, 0) is 39.4 Å². The smallest absolute Gasteiger partial charge is 0.407 e. The molecule has 0 radical (unpaired) electrons. The number of nitrogens with one attached hydrogen (secondary N) is 2. The lowest BCUT2D eigenvalue weighted by molar-refractivity contribution is 0.0502. The third-order valence-corrected chi connectivity index (χ3v) is 4.54. The van der Waals surface area contributed by atoms with Crippen LogP contribution in [0.25, 0.3) is 0 Å². The van der Waals surface area contributed by atoms with Crippen molar-refractivity contribution in [2.24, 2.45) is 0 Å². The van der Waals surface area contributed by atoms with E-state index in [0.29, 0.717) is 11.3 Å². The highest BCUT2D eigenvalue weighted by Gasteiger charge is 2.25. The third kappa shape index (κ3) is 6.52. The van der Waals surface area contributed by atoms with Crippen molar-refractivity contribution in [3.05, 3.63) is 0 Å². The number of ether oxygens (including phenoxy) is 1. The van der Waals surface area contributed by atoms with Crippen LogP contribution in [0, 0.1) is 0 Å². The molecule has 0 spiro atoms. The number of hydrogen-bond donors (Lipinski definition) is 2. The molecule has 1 fully saturated rings. The van der Waals surface area contributed by atoms with E-state index < -0.39 is 5.60 Å². The van der Waals surface area contributed by atoms with E-state index >= 15 is 0 Å². The Kier molecular flexibility index (Phi) is 6.47. The standard InChI is InChI=1S/C14H28N2O2S/c1-6-11(16-13(17)18-14(3,4)5)9-15-12-7-8-19-10(12)2/h10-12,15H,6-9H2,1-5H3,(H,16,17). The molecule has 0 saturated carbocycles. The molecule has 0 aromatic carbocycles. The Balaban J connectivity index is 2.31. The van der Waals surface area contributed by atoms with Gasteiger partial charge in [0.05, 0.1) is 0 Å². The second kappa shape index (κ2) is 7.39. The van der Waals surface area contributed by atoms with Crippen LogP contribution in [0.4, 0.5) is 4.79 Å². The summed E-state index contributed by atoms with van der Waals surface area (Å²) in [7, 11) is 0. The molecule has 1 amide bonds. The number of carbonyl (C=O) groups excluding carboxylic acids is 1. The Morgan fingerprint density at radius 2 is 2.16 bits per heavy atom. The predicted octanol–water partition coefficient (Wildman–Crippen LogP) is 2.77. The van der Waals surface area contributed by atoms with Crippen LogP contribution < -0.4 is 10.6 Å². The lowest BCUT2D eigenvalue weighted by atomic mass is 10.1. The van der Waals surface area contributed by atoms with Crippen LogP contribution in [-0.2, 0) is 4.74 Å². The number of carbonyl (C=O) groups is 1. The van der Waals surface area contributed by atoms with Crippen molar-refractivity contribution in [3.63, 3.8) is 0 Å². The molecule has 0 aliphatic carbocycles. The van der Waals surface area contributed by atoms with Crippen molar-refractivity contribution in [2.75, 3.05) is 12.3 Å². The van der Waals surface area contributed by atoms with Gasteiger partial charge in [0.25, 0.3) is 0 Å². The van der Waals surface area contributed by atoms with Gasteiger partial charge in [-0.25, -0.2) is 4.79 Å². The van der Waals surface area contributed by atoms with Crippen LogP contribution >= 0.6 is 11.8 Å². The van der Waals surface area contributed by atoms with Crippen molar-refractivity contribution < 1.29 is 9.53 Å². The zero-order valence-electron chi connectivity index (χ0n) is 12.8. The van der Waals surface area contributed by atoms with E-state index in [1.165, 1.54) is 12.2 Å². The van der Waals surface area contributed by atoms with Crippen molar-refractivity contribution in [2.45, 2.75) is 70.4 Å². The summed E-state index contributed by atoms with van der Waals surface area (Å²) in [5.74, 6) is 1.23. The zero-order chi connectivity index (χ0) is 14.5. The summed E-state index contributed by atoms with van der Waals surface area (Å²) in [6.07, 6.45) is 1.80. The molecule has 0 aromatic heterocycles. The van der Waals surface area contributed by atoms with Crippen molar-refractivity contribution in [1.29, 1.82) is 0 Å². The van der Waals surface area contributed by atoms with Crippen molar-refractivity contribution in [1.82, 2.24) is 10.6 Å². The molecule has 19 heavy (non-hydrogen) atoms. The number of amides is 1. The first-order valence-electron chi connectivity index (χ1n) is 7.16. The molecule has 1 saturated heterocycles. The highest BCUT2D eigenvalue weighted by molar-refractivity contribution is 8.00. The monoisotopic (exact) mass is 288 g/mol. The maximum atomic E-state index is 11.7. The Labute approximate surface area is 121 Å². The molecule has 4 nitrogen and oxygen atoms in total. The van der Waals surface area contributed by atoms with Gasteiger partial charge in [-0.1, -0.05) is 13.8 Å². The fourth-order valence-corrected chi connectivity index (χ4v) is 3.29. The van der Waals surface area contributed by atoms with Crippen molar-refractivity contribution >= 4 is 17.9 Å². The molecule has 3 atom stereocenters. The summed E-state index contributed by atoms with van der Waals surface area (Å²) >= 11 is 2.01. The van der Waals surface area contributed by atoms with E-state index in [1.54, 1.807) is 0 Å². The number of alkyl carbamates (subject to hydrolysis) is 1. The first-order valence-corrected chi connectivity index (χ1v) is 8.21. The Morgan fingerprint density at radius 3 is 2.63 bits per heavy atom. The highest BCUT2D eigenvalue weighted by Crippen LogP contribution is 2.25. The van der Waals surface area contributed by atoms with Gasteiger partial charge in [-0.15, -0.1) is 0 Å². The second-order valence-electron chi connectivity index (χ2n) is 6.13. The molecule has 1 heterocycles. The maximum absolute atomic E-state index is 11.7. The van der Waals surface area contributed by atoms with E-state index in [2.05, 4.69) is 24.5 Å². The largest absolute Gasteiger partial charge is 0.444 e. The maximum Gasteiger partial charge on any atom is 0.407 e.